The summed E-state index contributed by atoms with van der Waals surface area (Å²) in [7, 11) is 1.85. The molecule has 0 atom stereocenters. The van der Waals surface area contributed by atoms with E-state index < -0.39 is 11.7 Å². The van der Waals surface area contributed by atoms with E-state index in [9.17, 15) is 13.2 Å². The molecular weight excluding hydrogens is 311 g/mol. The van der Waals surface area contributed by atoms with Crippen LogP contribution in [0.15, 0.2) is 36.4 Å². The minimum Gasteiger partial charge on any atom is -0.316 e. The normalized spacial score (nSPS) is 11.2. The SMILES string of the molecule is CNCc1c(C)cc(-c2ccccc2C(F)(F)F)cc1C.Cl. The minimum absolute atomic E-state index is 0. The van der Waals surface area contributed by atoms with Gasteiger partial charge in [0.1, 0.15) is 0 Å². The molecule has 0 aliphatic rings. The fourth-order valence-corrected chi connectivity index (χ4v) is 2.59. The Bertz CT molecular complexity index is 628. The average molecular weight is 330 g/mol. The zero-order valence-corrected chi connectivity index (χ0v) is 13.5. The lowest BCUT2D eigenvalue weighted by molar-refractivity contribution is -0.137. The van der Waals surface area contributed by atoms with Gasteiger partial charge in [-0.15, -0.1) is 12.4 Å². The maximum absolute atomic E-state index is 13.1. The van der Waals surface area contributed by atoms with Crippen LogP contribution in [0.1, 0.15) is 22.3 Å². The van der Waals surface area contributed by atoms with Crippen molar-refractivity contribution in [3.8, 4) is 11.1 Å². The van der Waals surface area contributed by atoms with Gasteiger partial charge in [0.15, 0.2) is 0 Å². The quantitative estimate of drug-likeness (QED) is 0.823. The smallest absolute Gasteiger partial charge is 0.316 e. The van der Waals surface area contributed by atoms with Crippen molar-refractivity contribution in [2.75, 3.05) is 7.05 Å². The van der Waals surface area contributed by atoms with Crippen LogP contribution in [0.5, 0.6) is 0 Å². The topological polar surface area (TPSA) is 12.0 Å². The maximum atomic E-state index is 13.1. The van der Waals surface area contributed by atoms with Gasteiger partial charge in [0.05, 0.1) is 5.56 Å². The van der Waals surface area contributed by atoms with Crippen LogP contribution in [0.2, 0.25) is 0 Å². The Balaban J connectivity index is 0.00000242. The van der Waals surface area contributed by atoms with E-state index in [1.165, 1.54) is 12.1 Å². The van der Waals surface area contributed by atoms with E-state index >= 15 is 0 Å². The van der Waals surface area contributed by atoms with Gasteiger partial charge in [0, 0.05) is 6.54 Å². The lowest BCUT2D eigenvalue weighted by Crippen LogP contribution is -2.09. The summed E-state index contributed by atoms with van der Waals surface area (Å²) in [5, 5.41) is 3.08. The molecule has 0 aliphatic carbocycles. The number of alkyl halides is 3. The zero-order valence-electron chi connectivity index (χ0n) is 12.7. The molecule has 0 unspecified atom stereocenters. The Kier molecular flexibility index (Phi) is 6.03. The number of nitrogens with one attached hydrogen (secondary N) is 1. The molecule has 0 bridgehead atoms. The number of aryl methyl sites for hydroxylation is 2. The summed E-state index contributed by atoms with van der Waals surface area (Å²) >= 11 is 0. The first-order valence-corrected chi connectivity index (χ1v) is 6.76. The monoisotopic (exact) mass is 329 g/mol. The Morgan fingerprint density at radius 3 is 2.05 bits per heavy atom. The second-order valence-corrected chi connectivity index (χ2v) is 5.16. The molecule has 1 N–H and O–H groups in total. The van der Waals surface area contributed by atoms with Gasteiger partial charge >= 0.3 is 6.18 Å². The molecule has 22 heavy (non-hydrogen) atoms. The molecule has 1 nitrogen and oxygen atoms in total. The molecule has 120 valence electrons. The summed E-state index contributed by atoms with van der Waals surface area (Å²) in [5.41, 5.74) is 3.37. The molecule has 0 fully saturated rings. The van der Waals surface area contributed by atoms with Crippen molar-refractivity contribution in [2.24, 2.45) is 0 Å². The predicted octanol–water partition coefficient (Wildman–Crippen LogP) is 5.13. The zero-order chi connectivity index (χ0) is 15.6. The third kappa shape index (κ3) is 3.81. The van der Waals surface area contributed by atoms with Gasteiger partial charge in [-0.25, -0.2) is 0 Å². The largest absolute Gasteiger partial charge is 0.417 e. The van der Waals surface area contributed by atoms with Gasteiger partial charge in [-0.2, -0.15) is 13.2 Å². The maximum Gasteiger partial charge on any atom is 0.417 e. The lowest BCUT2D eigenvalue weighted by atomic mass is 9.93. The molecule has 2 aromatic rings. The fourth-order valence-electron chi connectivity index (χ4n) is 2.59. The van der Waals surface area contributed by atoms with E-state index in [2.05, 4.69) is 5.32 Å². The standard InChI is InChI=1S/C17H18F3N.ClH/c1-11-8-13(9-12(2)15(11)10-21-3)14-6-4-5-7-16(14)17(18,19)20;/h4-9,21H,10H2,1-3H3;1H. The van der Waals surface area contributed by atoms with E-state index in [1.54, 1.807) is 6.07 Å². The Morgan fingerprint density at radius 2 is 1.55 bits per heavy atom. The van der Waals surface area contributed by atoms with E-state index in [0.717, 1.165) is 22.8 Å². The van der Waals surface area contributed by atoms with Gasteiger partial charge < -0.3 is 5.32 Å². The lowest BCUT2D eigenvalue weighted by Gasteiger charge is -2.16. The molecule has 0 spiro atoms. The molecule has 0 aliphatic heterocycles. The Morgan fingerprint density at radius 1 is 1.00 bits per heavy atom. The van der Waals surface area contributed by atoms with Crippen molar-refractivity contribution in [3.63, 3.8) is 0 Å². The van der Waals surface area contributed by atoms with Gasteiger partial charge in [-0.05, 0) is 54.8 Å². The third-order valence-electron chi connectivity index (χ3n) is 3.59. The molecule has 0 aromatic heterocycles. The molecule has 0 amide bonds. The van der Waals surface area contributed by atoms with Crippen LogP contribution in [0, 0.1) is 13.8 Å². The van der Waals surface area contributed by atoms with Crippen molar-refractivity contribution >= 4 is 12.4 Å². The second-order valence-electron chi connectivity index (χ2n) is 5.16. The highest BCUT2D eigenvalue weighted by molar-refractivity contribution is 5.85. The number of hydrogen-bond donors (Lipinski definition) is 1. The molecule has 0 radical (unpaired) electrons. The number of rotatable bonds is 3. The van der Waals surface area contributed by atoms with Crippen LogP contribution < -0.4 is 5.32 Å². The first kappa shape index (κ1) is 18.5. The van der Waals surface area contributed by atoms with Crippen molar-refractivity contribution in [3.05, 3.63) is 58.7 Å². The molecule has 2 aromatic carbocycles. The second kappa shape index (κ2) is 7.16. The molecule has 0 saturated heterocycles. The summed E-state index contributed by atoms with van der Waals surface area (Å²) in [5.74, 6) is 0. The molecular formula is C17H19ClF3N. The van der Waals surface area contributed by atoms with E-state index in [1.807, 2.05) is 33.0 Å². The predicted molar refractivity (Wildman–Crippen MR) is 86.4 cm³/mol. The highest BCUT2D eigenvalue weighted by atomic mass is 35.5. The fraction of sp³-hybridized carbons (Fsp3) is 0.294. The van der Waals surface area contributed by atoms with Crippen LogP contribution in [-0.4, -0.2) is 7.05 Å². The summed E-state index contributed by atoms with van der Waals surface area (Å²) < 4.78 is 39.4. The number of halogens is 4. The highest BCUT2D eigenvalue weighted by Crippen LogP contribution is 2.37. The number of benzene rings is 2. The van der Waals surface area contributed by atoms with Crippen molar-refractivity contribution in [2.45, 2.75) is 26.6 Å². The van der Waals surface area contributed by atoms with Crippen LogP contribution in [0.25, 0.3) is 11.1 Å². The van der Waals surface area contributed by atoms with Crippen molar-refractivity contribution in [1.29, 1.82) is 0 Å². The van der Waals surface area contributed by atoms with Gasteiger partial charge in [-0.1, -0.05) is 30.3 Å². The minimum atomic E-state index is -4.35. The molecule has 0 saturated carbocycles. The summed E-state index contributed by atoms with van der Waals surface area (Å²) in [6, 6.07) is 9.35. The van der Waals surface area contributed by atoms with E-state index in [4.69, 9.17) is 0 Å². The van der Waals surface area contributed by atoms with Crippen LogP contribution in [0.3, 0.4) is 0 Å². The summed E-state index contributed by atoms with van der Waals surface area (Å²) in [4.78, 5) is 0. The van der Waals surface area contributed by atoms with Gasteiger partial charge in [0.2, 0.25) is 0 Å². The van der Waals surface area contributed by atoms with E-state index in [-0.39, 0.29) is 18.0 Å². The van der Waals surface area contributed by atoms with Crippen LogP contribution in [0.4, 0.5) is 13.2 Å². The molecule has 0 heterocycles. The first-order chi connectivity index (χ1) is 9.84. The Hall–Kier alpha value is -1.52. The van der Waals surface area contributed by atoms with Crippen LogP contribution in [-0.2, 0) is 12.7 Å². The van der Waals surface area contributed by atoms with E-state index in [0.29, 0.717) is 12.1 Å². The highest BCUT2D eigenvalue weighted by Gasteiger charge is 2.33. The third-order valence-corrected chi connectivity index (χ3v) is 3.59. The van der Waals surface area contributed by atoms with Crippen molar-refractivity contribution < 1.29 is 13.2 Å². The molecule has 5 heteroatoms. The number of hydrogen-bond acceptors (Lipinski definition) is 1. The first-order valence-electron chi connectivity index (χ1n) is 6.76. The summed E-state index contributed by atoms with van der Waals surface area (Å²) in [6.45, 7) is 4.57. The Labute approximate surface area is 135 Å². The average Bonchev–Trinajstić information content (AvgIpc) is 2.42. The van der Waals surface area contributed by atoms with Gasteiger partial charge in [0.25, 0.3) is 0 Å². The summed E-state index contributed by atoms with van der Waals surface area (Å²) in [6.07, 6.45) is -4.35. The molecule has 2 rings (SSSR count). The van der Waals surface area contributed by atoms with Crippen LogP contribution >= 0.6 is 12.4 Å². The van der Waals surface area contributed by atoms with Crippen molar-refractivity contribution in [1.82, 2.24) is 5.32 Å². The van der Waals surface area contributed by atoms with Gasteiger partial charge in [-0.3, -0.25) is 0 Å².